The van der Waals surface area contributed by atoms with Crippen LogP contribution in [0.2, 0.25) is 0 Å². The summed E-state index contributed by atoms with van der Waals surface area (Å²) in [5.74, 6) is 5.53. The molecule has 2 aliphatic carbocycles. The maximum atomic E-state index is 11.3. The van der Waals surface area contributed by atoms with Crippen molar-refractivity contribution in [2.75, 3.05) is 0 Å². The minimum Gasteiger partial charge on any atom is -0.326 e. The Labute approximate surface area is 71.0 Å². The van der Waals surface area contributed by atoms with Crippen molar-refractivity contribution < 1.29 is 4.79 Å². The second kappa shape index (κ2) is 2.57. The van der Waals surface area contributed by atoms with Crippen molar-refractivity contribution in [3.63, 3.8) is 0 Å². The Balaban J connectivity index is 2.18. The van der Waals surface area contributed by atoms with Crippen LogP contribution in [0, 0.1) is 17.8 Å². The summed E-state index contributed by atoms with van der Waals surface area (Å²) in [4.78, 5) is 11.3. The number of allylic oxidation sites excluding steroid dienone is 1. The summed E-state index contributed by atoms with van der Waals surface area (Å²) in [6.07, 6.45) is 5.20. The Hall–Kier alpha value is -0.870. The summed E-state index contributed by atoms with van der Waals surface area (Å²) in [7, 11) is 0. The highest BCUT2D eigenvalue weighted by Gasteiger charge is 2.45. The summed E-state index contributed by atoms with van der Waals surface area (Å²) < 4.78 is 0. The number of rotatable bonds is 1. The zero-order chi connectivity index (χ0) is 8.72. The first-order chi connectivity index (χ1) is 5.74. The van der Waals surface area contributed by atoms with Crippen molar-refractivity contribution in [1.82, 2.24) is 5.43 Å². The largest absolute Gasteiger partial charge is 0.326 e. The molecule has 0 aromatic rings. The maximum Gasteiger partial charge on any atom is 0.239 e. The van der Waals surface area contributed by atoms with Crippen LogP contribution in [0.25, 0.3) is 0 Å². The highest BCUT2D eigenvalue weighted by Crippen LogP contribution is 2.42. The summed E-state index contributed by atoms with van der Waals surface area (Å²) in [5, 5.41) is 0. The molecule has 0 saturated heterocycles. The topological polar surface area (TPSA) is 81.1 Å². The smallest absolute Gasteiger partial charge is 0.239 e. The molecule has 12 heavy (non-hydrogen) atoms. The second-order valence-electron chi connectivity index (χ2n) is 3.56. The van der Waals surface area contributed by atoms with E-state index in [9.17, 15) is 4.79 Å². The number of carbonyl (C=O) groups excluding carboxylic acids is 1. The Bertz CT molecular complexity index is 238. The molecule has 2 bridgehead atoms. The minimum atomic E-state index is -0.126. The fourth-order valence-electron chi connectivity index (χ4n) is 2.33. The molecule has 0 spiro atoms. The van der Waals surface area contributed by atoms with Crippen LogP contribution in [0.4, 0.5) is 0 Å². The molecular formula is C8H13N3O. The monoisotopic (exact) mass is 167 g/mol. The molecule has 4 heteroatoms. The third-order valence-corrected chi connectivity index (χ3v) is 2.97. The summed E-state index contributed by atoms with van der Waals surface area (Å²) in [5.41, 5.74) is 8.04. The van der Waals surface area contributed by atoms with E-state index in [-0.39, 0.29) is 17.9 Å². The van der Waals surface area contributed by atoms with Gasteiger partial charge in [0.25, 0.3) is 0 Å². The molecule has 1 amide bonds. The Kier molecular flexibility index (Phi) is 1.66. The van der Waals surface area contributed by atoms with Gasteiger partial charge in [-0.25, -0.2) is 5.84 Å². The van der Waals surface area contributed by atoms with Crippen LogP contribution < -0.4 is 17.0 Å². The number of hydrazine groups is 1. The second-order valence-corrected chi connectivity index (χ2v) is 3.56. The fraction of sp³-hybridized carbons (Fsp3) is 0.625. The zero-order valence-corrected chi connectivity index (χ0v) is 6.73. The van der Waals surface area contributed by atoms with Gasteiger partial charge < -0.3 is 5.73 Å². The molecule has 1 fully saturated rings. The average Bonchev–Trinajstić information content (AvgIpc) is 2.63. The van der Waals surface area contributed by atoms with Gasteiger partial charge in [0, 0.05) is 6.04 Å². The number of carbonyl (C=O) groups is 1. The van der Waals surface area contributed by atoms with Crippen molar-refractivity contribution in [2.45, 2.75) is 12.5 Å². The van der Waals surface area contributed by atoms with Crippen molar-refractivity contribution in [3.8, 4) is 0 Å². The van der Waals surface area contributed by atoms with Crippen LogP contribution in [-0.4, -0.2) is 11.9 Å². The number of nitrogens with two attached hydrogens (primary N) is 2. The Morgan fingerprint density at radius 3 is 2.58 bits per heavy atom. The first-order valence-electron chi connectivity index (χ1n) is 4.18. The summed E-state index contributed by atoms with van der Waals surface area (Å²) in [6.45, 7) is 0. The maximum absolute atomic E-state index is 11.3. The van der Waals surface area contributed by atoms with E-state index in [0.717, 1.165) is 6.42 Å². The molecule has 2 aliphatic rings. The molecular weight excluding hydrogens is 154 g/mol. The van der Waals surface area contributed by atoms with Crippen LogP contribution in [0.15, 0.2) is 12.2 Å². The molecule has 66 valence electrons. The van der Waals surface area contributed by atoms with E-state index in [1.165, 1.54) is 0 Å². The number of fused-ring (bicyclic) bond motifs is 2. The SMILES string of the molecule is NNC(=O)[C@@H]1[C@H](N)[C@@H]2C=C[C@H]1C2. The molecule has 1 saturated carbocycles. The first-order valence-corrected chi connectivity index (χ1v) is 4.18. The molecule has 0 aromatic carbocycles. The lowest BCUT2D eigenvalue weighted by Gasteiger charge is -2.22. The fourth-order valence-corrected chi connectivity index (χ4v) is 2.33. The van der Waals surface area contributed by atoms with Gasteiger partial charge in [0.1, 0.15) is 0 Å². The van der Waals surface area contributed by atoms with Gasteiger partial charge in [0.15, 0.2) is 0 Å². The van der Waals surface area contributed by atoms with Crippen molar-refractivity contribution in [1.29, 1.82) is 0 Å². The van der Waals surface area contributed by atoms with E-state index in [4.69, 9.17) is 11.6 Å². The van der Waals surface area contributed by atoms with Crippen LogP contribution in [0.3, 0.4) is 0 Å². The van der Waals surface area contributed by atoms with Gasteiger partial charge in [-0.1, -0.05) is 12.2 Å². The lowest BCUT2D eigenvalue weighted by molar-refractivity contribution is -0.126. The van der Waals surface area contributed by atoms with Crippen LogP contribution in [-0.2, 0) is 4.79 Å². The van der Waals surface area contributed by atoms with Crippen LogP contribution in [0.5, 0.6) is 0 Å². The summed E-state index contributed by atoms with van der Waals surface area (Å²) >= 11 is 0. The third kappa shape index (κ3) is 0.884. The molecule has 5 N–H and O–H groups in total. The number of hydrogen-bond acceptors (Lipinski definition) is 3. The van der Waals surface area contributed by atoms with E-state index < -0.39 is 0 Å². The van der Waals surface area contributed by atoms with E-state index >= 15 is 0 Å². The molecule has 0 heterocycles. The van der Waals surface area contributed by atoms with E-state index in [1.54, 1.807) is 0 Å². The molecule has 0 unspecified atom stereocenters. The average molecular weight is 167 g/mol. The highest BCUT2D eigenvalue weighted by atomic mass is 16.2. The van der Waals surface area contributed by atoms with E-state index in [1.807, 2.05) is 0 Å². The number of nitrogens with one attached hydrogen (secondary N) is 1. The van der Waals surface area contributed by atoms with Crippen LogP contribution >= 0.6 is 0 Å². The number of hydrogen-bond donors (Lipinski definition) is 3. The normalized spacial score (nSPS) is 43.5. The van der Waals surface area contributed by atoms with Gasteiger partial charge in [-0.05, 0) is 18.3 Å². The van der Waals surface area contributed by atoms with Crippen molar-refractivity contribution in [2.24, 2.45) is 29.3 Å². The van der Waals surface area contributed by atoms with Gasteiger partial charge in [-0.2, -0.15) is 0 Å². The molecule has 0 aliphatic heterocycles. The predicted octanol–water partition coefficient (Wildman–Crippen LogP) is -0.874. The number of amides is 1. The Morgan fingerprint density at radius 1 is 1.42 bits per heavy atom. The van der Waals surface area contributed by atoms with Crippen molar-refractivity contribution >= 4 is 5.91 Å². The minimum absolute atomic E-state index is 0.0384. The van der Waals surface area contributed by atoms with Gasteiger partial charge >= 0.3 is 0 Å². The van der Waals surface area contributed by atoms with E-state index in [2.05, 4.69) is 17.6 Å². The van der Waals surface area contributed by atoms with Crippen molar-refractivity contribution in [3.05, 3.63) is 12.2 Å². The molecule has 2 rings (SSSR count). The van der Waals surface area contributed by atoms with Gasteiger partial charge in [-0.15, -0.1) is 0 Å². The van der Waals surface area contributed by atoms with Gasteiger partial charge in [0.2, 0.25) is 5.91 Å². The highest BCUT2D eigenvalue weighted by molar-refractivity contribution is 5.80. The Morgan fingerprint density at radius 2 is 2.08 bits per heavy atom. The standard InChI is InChI=1S/C8H13N3O/c9-7-5-2-1-4(3-5)6(7)8(12)11-10/h1-2,4-7H,3,9-10H2,(H,11,12)/t4-,5+,6-,7+/m0/s1. The predicted molar refractivity (Wildman–Crippen MR) is 44.5 cm³/mol. The zero-order valence-electron chi connectivity index (χ0n) is 6.73. The molecule has 4 atom stereocenters. The molecule has 0 radical (unpaired) electrons. The van der Waals surface area contributed by atoms with Gasteiger partial charge in [0.05, 0.1) is 5.92 Å². The third-order valence-electron chi connectivity index (χ3n) is 2.97. The molecule has 4 nitrogen and oxygen atoms in total. The van der Waals surface area contributed by atoms with Crippen LogP contribution in [0.1, 0.15) is 6.42 Å². The van der Waals surface area contributed by atoms with Gasteiger partial charge in [-0.3, -0.25) is 10.2 Å². The van der Waals surface area contributed by atoms with E-state index in [0.29, 0.717) is 11.8 Å². The molecule has 0 aromatic heterocycles. The first kappa shape index (κ1) is 7.76. The lowest BCUT2D eigenvalue weighted by Crippen LogP contribution is -2.46. The lowest BCUT2D eigenvalue weighted by atomic mass is 9.89. The quantitative estimate of drug-likeness (QED) is 0.205. The summed E-state index contributed by atoms with van der Waals surface area (Å²) in [6, 6.07) is -0.0384.